The maximum Gasteiger partial charge on any atom is 0.353 e. The fraction of sp³-hybridized carbons (Fsp3) is 0.250. The van der Waals surface area contributed by atoms with E-state index in [4.69, 9.17) is 13.0 Å². The highest BCUT2D eigenvalue weighted by Crippen LogP contribution is 1.87. The number of aromatic amines is 1. The minimum atomic E-state index is -4.19. The first-order valence-electron chi connectivity index (χ1n) is 4.34. The van der Waals surface area contributed by atoms with Gasteiger partial charge < -0.3 is 9.55 Å². The Bertz CT molecular complexity index is 453. The van der Waals surface area contributed by atoms with Crippen LogP contribution in [-0.2, 0) is 16.4 Å². The second kappa shape index (κ2) is 7.82. The highest BCUT2D eigenvalue weighted by molar-refractivity contribution is 8.09. The smallest absolute Gasteiger partial charge is 0.351 e. The standard InChI is InChI=1S/C5H8N2.C3H4N2.ClHO3S/c1-5-6-3-4-7(5)2;1-2-5-3-4-1;1-5(2,3)4/h3-4H,1-2H3;1-3H,(H,4,5);(H,2,3,4). The molecule has 2 N–H and O–H groups in total. The van der Waals surface area contributed by atoms with Crippen molar-refractivity contribution in [2.24, 2.45) is 7.05 Å². The van der Waals surface area contributed by atoms with Crippen molar-refractivity contribution in [2.45, 2.75) is 6.92 Å². The summed E-state index contributed by atoms with van der Waals surface area (Å²) in [6.45, 7) is 1.97. The molecular formula is C8H13ClN4O3S. The van der Waals surface area contributed by atoms with E-state index in [0.29, 0.717) is 0 Å². The Hall–Kier alpha value is -1.38. The Morgan fingerprint density at radius 2 is 2.06 bits per heavy atom. The summed E-state index contributed by atoms with van der Waals surface area (Å²) in [7, 11) is 1.84. The second-order valence-corrected chi connectivity index (χ2v) is 4.75. The van der Waals surface area contributed by atoms with Gasteiger partial charge in [0.15, 0.2) is 0 Å². The molecule has 0 spiro atoms. The average Bonchev–Trinajstić information content (AvgIpc) is 2.79. The highest BCUT2D eigenvalue weighted by Gasteiger charge is 1.86. The molecule has 0 atom stereocenters. The molecule has 0 fully saturated rings. The third-order valence-electron chi connectivity index (χ3n) is 1.47. The van der Waals surface area contributed by atoms with Crippen LogP contribution in [-0.4, -0.2) is 32.5 Å². The number of hydrogen-bond donors (Lipinski definition) is 2. The number of nitrogens with zero attached hydrogens (tertiary/aromatic N) is 3. The molecule has 0 saturated carbocycles. The zero-order valence-electron chi connectivity index (χ0n) is 9.28. The van der Waals surface area contributed by atoms with Gasteiger partial charge in [-0.05, 0) is 6.92 Å². The molecule has 0 aliphatic rings. The van der Waals surface area contributed by atoms with Gasteiger partial charge in [0.05, 0.1) is 6.33 Å². The van der Waals surface area contributed by atoms with Crippen LogP contribution in [0.1, 0.15) is 5.82 Å². The molecular weight excluding hydrogens is 268 g/mol. The topological polar surface area (TPSA) is 101 Å². The fourth-order valence-electron chi connectivity index (χ4n) is 0.655. The van der Waals surface area contributed by atoms with Crippen molar-refractivity contribution >= 4 is 20.0 Å². The van der Waals surface area contributed by atoms with Gasteiger partial charge in [-0.3, -0.25) is 4.55 Å². The van der Waals surface area contributed by atoms with Crippen LogP contribution in [0.25, 0.3) is 0 Å². The van der Waals surface area contributed by atoms with E-state index in [1.165, 1.54) is 0 Å². The van der Waals surface area contributed by atoms with Crippen LogP contribution in [0, 0.1) is 6.92 Å². The van der Waals surface area contributed by atoms with Crippen LogP contribution in [0.4, 0.5) is 0 Å². The third-order valence-corrected chi connectivity index (χ3v) is 1.47. The molecule has 17 heavy (non-hydrogen) atoms. The number of nitrogens with one attached hydrogen (secondary N) is 1. The summed E-state index contributed by atoms with van der Waals surface area (Å²) < 4.78 is 27.1. The van der Waals surface area contributed by atoms with E-state index in [0.717, 1.165) is 5.82 Å². The van der Waals surface area contributed by atoms with E-state index >= 15 is 0 Å². The van der Waals surface area contributed by atoms with E-state index in [1.54, 1.807) is 24.9 Å². The summed E-state index contributed by atoms with van der Waals surface area (Å²) in [5.41, 5.74) is 0. The zero-order valence-corrected chi connectivity index (χ0v) is 10.9. The third kappa shape index (κ3) is 12.6. The second-order valence-electron chi connectivity index (χ2n) is 2.76. The van der Waals surface area contributed by atoms with Crippen molar-refractivity contribution in [1.29, 1.82) is 0 Å². The van der Waals surface area contributed by atoms with Crippen LogP contribution in [0.15, 0.2) is 31.1 Å². The summed E-state index contributed by atoms with van der Waals surface area (Å²) in [6, 6.07) is 0. The summed E-state index contributed by atoms with van der Waals surface area (Å²) in [6.07, 6.45) is 8.80. The minimum absolute atomic E-state index is 1.06. The first-order chi connectivity index (χ1) is 7.80. The van der Waals surface area contributed by atoms with Gasteiger partial charge in [-0.2, -0.15) is 8.42 Å². The number of aryl methyl sites for hydroxylation is 2. The minimum Gasteiger partial charge on any atom is -0.351 e. The number of aromatic nitrogens is 4. The van der Waals surface area contributed by atoms with Gasteiger partial charge in [0, 0.05) is 42.5 Å². The van der Waals surface area contributed by atoms with Gasteiger partial charge in [0.1, 0.15) is 5.82 Å². The zero-order chi connectivity index (χ0) is 13.3. The van der Waals surface area contributed by atoms with Gasteiger partial charge in [-0.25, -0.2) is 9.97 Å². The Morgan fingerprint density at radius 3 is 2.18 bits per heavy atom. The molecule has 0 amide bonds. The van der Waals surface area contributed by atoms with Crippen molar-refractivity contribution in [3.63, 3.8) is 0 Å². The number of H-pyrrole nitrogens is 1. The molecule has 0 unspecified atom stereocenters. The Labute approximate surface area is 104 Å². The SMILES string of the molecule is Cc1nccn1C.O=S(=O)(O)Cl.c1c[nH]cn1. The van der Waals surface area contributed by atoms with E-state index in [-0.39, 0.29) is 0 Å². The van der Waals surface area contributed by atoms with E-state index in [1.807, 2.05) is 24.7 Å². The largest absolute Gasteiger partial charge is 0.353 e. The molecule has 0 bridgehead atoms. The van der Waals surface area contributed by atoms with Crippen molar-refractivity contribution in [3.8, 4) is 0 Å². The van der Waals surface area contributed by atoms with Gasteiger partial charge in [-0.1, -0.05) is 0 Å². The van der Waals surface area contributed by atoms with Crippen molar-refractivity contribution < 1.29 is 13.0 Å². The molecule has 96 valence electrons. The molecule has 2 heterocycles. The number of hydrogen-bond acceptors (Lipinski definition) is 4. The van der Waals surface area contributed by atoms with E-state index in [9.17, 15) is 0 Å². The fourth-order valence-corrected chi connectivity index (χ4v) is 0.655. The Kier molecular flexibility index (Phi) is 7.19. The molecule has 2 rings (SSSR count). The lowest BCUT2D eigenvalue weighted by atomic mass is 10.7. The molecule has 0 aliphatic carbocycles. The summed E-state index contributed by atoms with van der Waals surface area (Å²) in [5, 5.41) is 0. The van der Waals surface area contributed by atoms with Gasteiger partial charge >= 0.3 is 9.33 Å². The lowest BCUT2D eigenvalue weighted by molar-refractivity contribution is 0.501. The van der Waals surface area contributed by atoms with Crippen LogP contribution in [0.3, 0.4) is 0 Å². The van der Waals surface area contributed by atoms with Crippen molar-refractivity contribution in [1.82, 2.24) is 19.5 Å². The predicted molar refractivity (Wildman–Crippen MR) is 63.9 cm³/mol. The van der Waals surface area contributed by atoms with Gasteiger partial charge in [0.25, 0.3) is 0 Å². The molecule has 7 nitrogen and oxygen atoms in total. The molecule has 0 radical (unpaired) electrons. The number of rotatable bonds is 0. The highest BCUT2D eigenvalue weighted by atomic mass is 35.7. The maximum atomic E-state index is 8.95. The van der Waals surface area contributed by atoms with E-state index in [2.05, 4.69) is 25.6 Å². The predicted octanol–water partition coefficient (Wildman–Crippen LogP) is 1.17. The maximum absolute atomic E-state index is 8.95. The van der Waals surface area contributed by atoms with Gasteiger partial charge in [-0.15, -0.1) is 0 Å². The number of imidazole rings is 2. The summed E-state index contributed by atoms with van der Waals surface area (Å²) >= 11 is 0. The Morgan fingerprint density at radius 1 is 1.47 bits per heavy atom. The monoisotopic (exact) mass is 280 g/mol. The molecule has 0 saturated heterocycles. The van der Waals surface area contributed by atoms with Gasteiger partial charge in [0.2, 0.25) is 0 Å². The molecule has 0 aromatic carbocycles. The van der Waals surface area contributed by atoms with Crippen LogP contribution < -0.4 is 0 Å². The Balaban J connectivity index is 0.000000232. The average molecular weight is 281 g/mol. The van der Waals surface area contributed by atoms with E-state index < -0.39 is 9.33 Å². The lowest BCUT2D eigenvalue weighted by Gasteiger charge is -1.87. The first kappa shape index (κ1) is 15.6. The molecule has 2 aromatic heterocycles. The van der Waals surface area contributed by atoms with Crippen LogP contribution in [0.2, 0.25) is 0 Å². The number of halogens is 1. The normalized spacial score (nSPS) is 9.65. The molecule has 9 heteroatoms. The van der Waals surface area contributed by atoms with Crippen LogP contribution >= 0.6 is 10.7 Å². The molecule has 2 aromatic rings. The summed E-state index contributed by atoms with van der Waals surface area (Å²) in [5.74, 6) is 1.06. The van der Waals surface area contributed by atoms with Crippen molar-refractivity contribution in [2.75, 3.05) is 0 Å². The first-order valence-corrected chi connectivity index (χ1v) is 6.61. The lowest BCUT2D eigenvalue weighted by Crippen LogP contribution is -1.86. The van der Waals surface area contributed by atoms with Crippen LogP contribution in [0.5, 0.6) is 0 Å². The summed E-state index contributed by atoms with van der Waals surface area (Å²) in [4.78, 5) is 10.4. The van der Waals surface area contributed by atoms with Crippen molar-refractivity contribution in [3.05, 3.63) is 36.9 Å². The quantitative estimate of drug-likeness (QED) is 0.557. The molecule has 0 aliphatic heterocycles.